The van der Waals surface area contributed by atoms with Crippen molar-refractivity contribution in [1.29, 1.82) is 0 Å². The number of nitrogens with zero attached hydrogens (tertiary/aromatic N) is 6. The second-order valence-electron chi connectivity index (χ2n) is 6.18. The van der Waals surface area contributed by atoms with Crippen molar-refractivity contribution in [2.75, 3.05) is 25.9 Å². The Hall–Kier alpha value is -2.19. The van der Waals surface area contributed by atoms with E-state index in [0.29, 0.717) is 37.7 Å². The molecule has 0 unspecified atom stereocenters. The fraction of sp³-hybridized carbons (Fsp3) is 0.500. The second-order valence-corrected chi connectivity index (χ2v) is 6.18. The quantitative estimate of drug-likeness (QED) is 0.841. The van der Waals surface area contributed by atoms with E-state index in [-0.39, 0.29) is 6.04 Å². The van der Waals surface area contributed by atoms with Gasteiger partial charge in [-0.3, -0.25) is 9.80 Å². The Morgan fingerprint density at radius 3 is 2.75 bits per heavy atom. The highest BCUT2D eigenvalue weighted by Gasteiger charge is 2.33. The van der Waals surface area contributed by atoms with Gasteiger partial charge in [0.1, 0.15) is 23.6 Å². The normalized spacial score (nSPS) is 21.5. The average Bonchev–Trinajstić information content (AvgIpc) is 2.87. The van der Waals surface area contributed by atoms with Gasteiger partial charge in [-0.25, -0.2) is 24.3 Å². The lowest BCUT2D eigenvalue weighted by Gasteiger charge is -2.27. The van der Waals surface area contributed by atoms with Crippen molar-refractivity contribution in [3.05, 3.63) is 42.4 Å². The predicted octanol–water partition coefficient (Wildman–Crippen LogP) is 0.893. The highest BCUT2D eigenvalue weighted by Crippen LogP contribution is 2.22. The van der Waals surface area contributed by atoms with E-state index < -0.39 is 6.17 Å². The summed E-state index contributed by atoms with van der Waals surface area (Å²) in [5, 5.41) is 0. The number of hydrogen-bond acceptors (Lipinski definition) is 7. The van der Waals surface area contributed by atoms with E-state index in [2.05, 4.69) is 29.7 Å². The van der Waals surface area contributed by atoms with Gasteiger partial charge < -0.3 is 5.73 Å². The minimum absolute atomic E-state index is 0.120. The summed E-state index contributed by atoms with van der Waals surface area (Å²) >= 11 is 0. The molecule has 2 aromatic heterocycles. The molecule has 3 rings (SSSR count). The number of halogens is 1. The van der Waals surface area contributed by atoms with Crippen molar-refractivity contribution < 1.29 is 4.39 Å². The molecule has 0 aliphatic carbocycles. The molecule has 2 aromatic rings. The molecule has 24 heavy (non-hydrogen) atoms. The summed E-state index contributed by atoms with van der Waals surface area (Å²) < 4.78 is 13.9. The molecule has 0 amide bonds. The predicted molar refractivity (Wildman–Crippen MR) is 88.5 cm³/mol. The standard InChI is InChI=1S/C16H22FN7/c1-23(10-16-21-6-3-14(18)22-16)9-13-7-12(17)8-24(13)11-15-19-4-2-5-20-15/h2-6,12-13H,7-11H2,1H3,(H2,18,21,22)/t12-,13-/m0/s1. The van der Waals surface area contributed by atoms with Gasteiger partial charge in [-0.1, -0.05) is 0 Å². The molecule has 0 spiro atoms. The van der Waals surface area contributed by atoms with Gasteiger partial charge in [0.25, 0.3) is 0 Å². The van der Waals surface area contributed by atoms with Crippen LogP contribution in [0.2, 0.25) is 0 Å². The molecule has 0 bridgehead atoms. The van der Waals surface area contributed by atoms with Crippen LogP contribution >= 0.6 is 0 Å². The molecule has 1 fully saturated rings. The molecule has 0 saturated carbocycles. The number of rotatable bonds is 6. The summed E-state index contributed by atoms with van der Waals surface area (Å²) in [5.74, 6) is 1.85. The van der Waals surface area contributed by atoms with Crippen molar-refractivity contribution >= 4 is 5.82 Å². The molecule has 0 aromatic carbocycles. The van der Waals surface area contributed by atoms with E-state index in [1.165, 1.54) is 0 Å². The van der Waals surface area contributed by atoms with Crippen LogP contribution < -0.4 is 5.73 Å². The number of nitrogens with two attached hydrogens (primary N) is 1. The summed E-state index contributed by atoms with van der Waals surface area (Å²) in [6, 6.07) is 3.56. The molecule has 8 heteroatoms. The van der Waals surface area contributed by atoms with Gasteiger partial charge in [0.2, 0.25) is 0 Å². The first-order valence-corrected chi connectivity index (χ1v) is 8.00. The van der Waals surface area contributed by atoms with Crippen molar-refractivity contribution in [3.8, 4) is 0 Å². The second kappa shape index (κ2) is 7.59. The van der Waals surface area contributed by atoms with Crippen molar-refractivity contribution in [1.82, 2.24) is 29.7 Å². The minimum Gasteiger partial charge on any atom is -0.384 e. The molecule has 2 atom stereocenters. The van der Waals surface area contributed by atoms with E-state index in [1.807, 2.05) is 7.05 Å². The Morgan fingerprint density at radius 1 is 1.25 bits per heavy atom. The Labute approximate surface area is 140 Å². The van der Waals surface area contributed by atoms with Crippen molar-refractivity contribution in [2.45, 2.75) is 31.7 Å². The number of nitrogen functional groups attached to an aromatic ring is 1. The molecular formula is C16H22FN7. The first-order chi connectivity index (χ1) is 11.6. The van der Waals surface area contributed by atoms with Crippen LogP contribution in [0.5, 0.6) is 0 Å². The molecule has 1 aliphatic rings. The van der Waals surface area contributed by atoms with Crippen LogP contribution in [0, 0.1) is 0 Å². The lowest BCUT2D eigenvalue weighted by atomic mass is 10.2. The number of alkyl halides is 1. The lowest BCUT2D eigenvalue weighted by molar-refractivity contribution is 0.175. The molecule has 0 radical (unpaired) electrons. The minimum atomic E-state index is -0.810. The molecular weight excluding hydrogens is 309 g/mol. The fourth-order valence-electron chi connectivity index (χ4n) is 3.06. The summed E-state index contributed by atoms with van der Waals surface area (Å²) in [6.45, 7) is 2.29. The van der Waals surface area contributed by atoms with Crippen molar-refractivity contribution in [2.24, 2.45) is 0 Å². The Kier molecular flexibility index (Phi) is 5.27. The summed E-state index contributed by atoms with van der Waals surface area (Å²) in [5.41, 5.74) is 5.68. The molecule has 1 aliphatic heterocycles. The maximum atomic E-state index is 13.9. The SMILES string of the molecule is CN(Cc1nccc(N)n1)C[C@@H]1C[C@H](F)CN1Cc1ncccn1. The smallest absolute Gasteiger partial charge is 0.144 e. The van der Waals surface area contributed by atoms with Crippen LogP contribution in [0.15, 0.2) is 30.7 Å². The molecule has 3 heterocycles. The summed E-state index contributed by atoms with van der Waals surface area (Å²) in [4.78, 5) is 21.1. The van der Waals surface area contributed by atoms with Gasteiger partial charge in [0, 0.05) is 37.7 Å². The van der Waals surface area contributed by atoms with Crippen LogP contribution in [0.1, 0.15) is 18.1 Å². The molecule has 1 saturated heterocycles. The van der Waals surface area contributed by atoms with Gasteiger partial charge in [0.05, 0.1) is 13.1 Å². The third kappa shape index (κ3) is 4.42. The number of anilines is 1. The topological polar surface area (TPSA) is 84.1 Å². The largest absolute Gasteiger partial charge is 0.384 e. The maximum absolute atomic E-state index is 13.9. The summed E-state index contributed by atoms with van der Waals surface area (Å²) in [7, 11) is 1.98. The first kappa shape index (κ1) is 16.7. The highest BCUT2D eigenvalue weighted by atomic mass is 19.1. The summed E-state index contributed by atoms with van der Waals surface area (Å²) in [6.07, 6.45) is 4.79. The van der Waals surface area contributed by atoms with Gasteiger partial charge in [-0.05, 0) is 25.6 Å². The van der Waals surface area contributed by atoms with Gasteiger partial charge in [0.15, 0.2) is 0 Å². The monoisotopic (exact) mass is 331 g/mol. The zero-order chi connectivity index (χ0) is 16.9. The molecule has 7 nitrogen and oxygen atoms in total. The van der Waals surface area contributed by atoms with Crippen molar-refractivity contribution in [3.63, 3.8) is 0 Å². The number of likely N-dealkylation sites (tertiary alicyclic amines) is 1. The van der Waals surface area contributed by atoms with Gasteiger partial charge >= 0.3 is 0 Å². The zero-order valence-corrected chi connectivity index (χ0v) is 13.7. The highest BCUT2D eigenvalue weighted by molar-refractivity contribution is 5.24. The van der Waals surface area contributed by atoms with Crippen LogP contribution in [-0.4, -0.2) is 62.1 Å². The van der Waals surface area contributed by atoms with Crippen LogP contribution in [0.4, 0.5) is 10.2 Å². The number of hydrogen-bond donors (Lipinski definition) is 1. The van der Waals surface area contributed by atoms with E-state index >= 15 is 0 Å². The molecule has 2 N–H and O–H groups in total. The third-order valence-corrected chi connectivity index (χ3v) is 4.10. The van der Waals surface area contributed by atoms with Crippen LogP contribution in [0.25, 0.3) is 0 Å². The van der Waals surface area contributed by atoms with Crippen LogP contribution in [0.3, 0.4) is 0 Å². The van der Waals surface area contributed by atoms with E-state index in [9.17, 15) is 4.39 Å². The maximum Gasteiger partial charge on any atom is 0.144 e. The van der Waals surface area contributed by atoms with E-state index in [0.717, 1.165) is 12.4 Å². The molecule has 128 valence electrons. The number of likely N-dealkylation sites (N-methyl/N-ethyl adjacent to an activating group) is 1. The first-order valence-electron chi connectivity index (χ1n) is 8.00. The number of aromatic nitrogens is 4. The zero-order valence-electron chi connectivity index (χ0n) is 13.7. The van der Waals surface area contributed by atoms with E-state index in [1.54, 1.807) is 30.7 Å². The Balaban J connectivity index is 1.59. The third-order valence-electron chi connectivity index (χ3n) is 4.10. The van der Waals surface area contributed by atoms with Crippen LogP contribution in [-0.2, 0) is 13.1 Å². The Bertz CT molecular complexity index is 654. The van der Waals surface area contributed by atoms with E-state index in [4.69, 9.17) is 5.73 Å². The van der Waals surface area contributed by atoms with Gasteiger partial charge in [-0.15, -0.1) is 0 Å². The Morgan fingerprint density at radius 2 is 2.00 bits per heavy atom. The fourth-order valence-corrected chi connectivity index (χ4v) is 3.06. The lowest BCUT2D eigenvalue weighted by Crippen LogP contribution is -2.38. The van der Waals surface area contributed by atoms with Gasteiger partial charge in [-0.2, -0.15) is 0 Å². The average molecular weight is 331 g/mol.